The molecule has 0 aliphatic heterocycles. The molecular weight excluding hydrogens is 196 g/mol. The third-order valence-electron chi connectivity index (χ3n) is 3.03. The van der Waals surface area contributed by atoms with Crippen LogP contribution < -0.4 is 5.32 Å². The highest BCUT2D eigenvalue weighted by Gasteiger charge is 2.48. The third-order valence-corrected chi connectivity index (χ3v) is 3.03. The van der Waals surface area contributed by atoms with Gasteiger partial charge in [-0.2, -0.15) is 0 Å². The largest absolute Gasteiger partial charge is 0.480 e. The van der Waals surface area contributed by atoms with Crippen LogP contribution in [0.2, 0.25) is 0 Å². The molecule has 1 saturated carbocycles. The molecule has 2 amide bonds. The maximum atomic E-state index is 11.6. The lowest BCUT2D eigenvalue weighted by atomic mass is 9.96. The smallest absolute Gasteiger partial charge is 0.329 e. The van der Waals surface area contributed by atoms with E-state index in [0.29, 0.717) is 6.54 Å². The van der Waals surface area contributed by atoms with Gasteiger partial charge in [-0.15, -0.1) is 0 Å². The molecule has 0 aromatic heterocycles. The Kier molecular flexibility index (Phi) is 3.21. The summed E-state index contributed by atoms with van der Waals surface area (Å²) in [5, 5.41) is 11.7. The maximum absolute atomic E-state index is 11.6. The number of nitrogens with zero attached hydrogens (tertiary/aromatic N) is 1. The monoisotopic (exact) mass is 214 g/mol. The summed E-state index contributed by atoms with van der Waals surface area (Å²) in [6.07, 6.45) is 1.75. The number of hydrogen-bond donors (Lipinski definition) is 2. The Bertz CT molecular complexity index is 276. The van der Waals surface area contributed by atoms with Gasteiger partial charge in [0.2, 0.25) is 0 Å². The van der Waals surface area contributed by atoms with Gasteiger partial charge in [-0.1, -0.05) is 0 Å². The van der Waals surface area contributed by atoms with Crippen molar-refractivity contribution in [3.8, 4) is 0 Å². The molecule has 0 bridgehead atoms. The van der Waals surface area contributed by atoms with Gasteiger partial charge in [0.05, 0.1) is 0 Å². The number of carbonyl (C=O) groups is 2. The molecule has 15 heavy (non-hydrogen) atoms. The van der Waals surface area contributed by atoms with Gasteiger partial charge in [0, 0.05) is 13.6 Å². The molecule has 86 valence electrons. The van der Waals surface area contributed by atoms with Gasteiger partial charge in [-0.25, -0.2) is 9.59 Å². The molecule has 0 aromatic carbocycles. The minimum atomic E-state index is -1.11. The Labute approximate surface area is 89.4 Å². The molecule has 1 aliphatic carbocycles. The summed E-state index contributed by atoms with van der Waals surface area (Å²) >= 11 is 0. The standard InChI is InChI=1S/C10H18N2O3/c1-4-12(3)9(15)11-10(2,8(13)14)7-5-6-7/h7H,4-6H2,1-3H3,(H,11,15)(H,13,14). The molecule has 0 saturated heterocycles. The molecule has 1 unspecified atom stereocenters. The molecular formula is C10H18N2O3. The highest BCUT2D eigenvalue weighted by Crippen LogP contribution is 2.39. The van der Waals surface area contributed by atoms with Gasteiger partial charge < -0.3 is 15.3 Å². The van der Waals surface area contributed by atoms with E-state index in [1.807, 2.05) is 6.92 Å². The van der Waals surface area contributed by atoms with Crippen LogP contribution in [0.5, 0.6) is 0 Å². The van der Waals surface area contributed by atoms with E-state index in [-0.39, 0.29) is 11.9 Å². The van der Waals surface area contributed by atoms with E-state index in [0.717, 1.165) is 12.8 Å². The molecule has 0 radical (unpaired) electrons. The Balaban J connectivity index is 2.67. The van der Waals surface area contributed by atoms with Crippen molar-refractivity contribution in [2.24, 2.45) is 5.92 Å². The summed E-state index contributed by atoms with van der Waals surface area (Å²) in [7, 11) is 1.64. The fourth-order valence-electron chi connectivity index (χ4n) is 1.45. The predicted molar refractivity (Wildman–Crippen MR) is 55.6 cm³/mol. The number of nitrogens with one attached hydrogen (secondary N) is 1. The molecule has 0 aromatic rings. The van der Waals surface area contributed by atoms with E-state index >= 15 is 0 Å². The van der Waals surface area contributed by atoms with Crippen LogP contribution >= 0.6 is 0 Å². The van der Waals surface area contributed by atoms with Crippen LogP contribution in [0.3, 0.4) is 0 Å². The lowest BCUT2D eigenvalue weighted by Gasteiger charge is -2.28. The Morgan fingerprint density at radius 1 is 1.53 bits per heavy atom. The first-order valence-corrected chi connectivity index (χ1v) is 5.18. The molecule has 1 aliphatic rings. The van der Waals surface area contributed by atoms with E-state index in [4.69, 9.17) is 5.11 Å². The minimum Gasteiger partial charge on any atom is -0.480 e. The maximum Gasteiger partial charge on any atom is 0.329 e. The summed E-state index contributed by atoms with van der Waals surface area (Å²) in [4.78, 5) is 24.2. The van der Waals surface area contributed by atoms with Gasteiger partial charge in [-0.3, -0.25) is 0 Å². The van der Waals surface area contributed by atoms with E-state index < -0.39 is 11.5 Å². The van der Waals surface area contributed by atoms with Crippen molar-refractivity contribution >= 4 is 12.0 Å². The Hall–Kier alpha value is -1.26. The van der Waals surface area contributed by atoms with Gasteiger partial charge in [0.25, 0.3) is 0 Å². The number of urea groups is 1. The van der Waals surface area contributed by atoms with Crippen molar-refractivity contribution in [3.63, 3.8) is 0 Å². The van der Waals surface area contributed by atoms with Gasteiger partial charge in [0.15, 0.2) is 0 Å². The SMILES string of the molecule is CCN(C)C(=O)NC(C)(C(=O)O)C1CC1. The number of carbonyl (C=O) groups excluding carboxylic acids is 1. The van der Waals surface area contributed by atoms with E-state index in [9.17, 15) is 9.59 Å². The van der Waals surface area contributed by atoms with Gasteiger partial charge >= 0.3 is 12.0 Å². The zero-order valence-corrected chi connectivity index (χ0v) is 9.41. The molecule has 5 nitrogen and oxygen atoms in total. The van der Waals surface area contributed by atoms with Crippen molar-refractivity contribution in [1.82, 2.24) is 10.2 Å². The first-order valence-electron chi connectivity index (χ1n) is 5.18. The number of hydrogen-bond acceptors (Lipinski definition) is 2. The van der Waals surface area contributed by atoms with E-state index in [1.165, 1.54) is 4.90 Å². The zero-order valence-electron chi connectivity index (χ0n) is 9.41. The van der Waals surface area contributed by atoms with Crippen molar-refractivity contribution in [3.05, 3.63) is 0 Å². The Morgan fingerprint density at radius 3 is 2.40 bits per heavy atom. The molecule has 1 fully saturated rings. The second kappa shape index (κ2) is 4.08. The fourth-order valence-corrected chi connectivity index (χ4v) is 1.45. The van der Waals surface area contributed by atoms with Crippen LogP contribution in [0, 0.1) is 5.92 Å². The zero-order chi connectivity index (χ0) is 11.6. The van der Waals surface area contributed by atoms with Crippen LogP contribution in [-0.2, 0) is 4.79 Å². The first kappa shape index (κ1) is 11.8. The highest BCUT2D eigenvalue weighted by atomic mass is 16.4. The van der Waals surface area contributed by atoms with Crippen LogP contribution in [0.4, 0.5) is 4.79 Å². The third kappa shape index (κ3) is 2.40. The van der Waals surface area contributed by atoms with Gasteiger partial charge in [-0.05, 0) is 32.6 Å². The lowest BCUT2D eigenvalue weighted by Crippen LogP contribution is -2.56. The minimum absolute atomic E-state index is 0.0733. The van der Waals surface area contributed by atoms with Crippen molar-refractivity contribution in [2.45, 2.75) is 32.2 Å². The summed E-state index contributed by atoms with van der Waals surface area (Å²) < 4.78 is 0. The second-order valence-corrected chi connectivity index (χ2v) is 4.23. The second-order valence-electron chi connectivity index (χ2n) is 4.23. The average Bonchev–Trinajstić information content (AvgIpc) is 2.99. The topological polar surface area (TPSA) is 69.6 Å². The molecule has 5 heteroatoms. The number of carboxylic acid groups (broad SMARTS) is 1. The summed E-state index contributed by atoms with van der Waals surface area (Å²) in [6.45, 7) is 3.98. The van der Waals surface area contributed by atoms with Crippen LogP contribution in [0.1, 0.15) is 26.7 Å². The quantitative estimate of drug-likeness (QED) is 0.730. The van der Waals surface area contributed by atoms with E-state index in [1.54, 1.807) is 14.0 Å². The molecule has 1 atom stereocenters. The number of rotatable bonds is 4. The van der Waals surface area contributed by atoms with E-state index in [2.05, 4.69) is 5.32 Å². The first-order chi connectivity index (χ1) is 6.91. The summed E-state index contributed by atoms with van der Waals surface area (Å²) in [5.74, 6) is -0.882. The number of amides is 2. The highest BCUT2D eigenvalue weighted by molar-refractivity contribution is 5.86. The number of carboxylic acids is 1. The molecule has 1 rings (SSSR count). The average molecular weight is 214 g/mol. The van der Waals surface area contributed by atoms with Gasteiger partial charge in [0.1, 0.15) is 5.54 Å². The lowest BCUT2D eigenvalue weighted by molar-refractivity contribution is -0.144. The van der Waals surface area contributed by atoms with Crippen molar-refractivity contribution in [1.29, 1.82) is 0 Å². The van der Waals surface area contributed by atoms with Crippen molar-refractivity contribution < 1.29 is 14.7 Å². The molecule has 2 N–H and O–H groups in total. The summed E-state index contributed by atoms with van der Waals surface area (Å²) in [5.41, 5.74) is -1.11. The Morgan fingerprint density at radius 2 is 2.07 bits per heavy atom. The molecule has 0 spiro atoms. The van der Waals surface area contributed by atoms with Crippen LogP contribution in [0.15, 0.2) is 0 Å². The van der Waals surface area contributed by atoms with Crippen LogP contribution in [-0.4, -0.2) is 41.1 Å². The van der Waals surface area contributed by atoms with Crippen LogP contribution in [0.25, 0.3) is 0 Å². The predicted octanol–water partition coefficient (Wildman–Crippen LogP) is 0.901. The summed E-state index contributed by atoms with van der Waals surface area (Å²) in [6, 6.07) is -0.325. The normalized spacial score (nSPS) is 19.1. The molecule has 0 heterocycles. The van der Waals surface area contributed by atoms with Crippen molar-refractivity contribution in [2.75, 3.05) is 13.6 Å². The fraction of sp³-hybridized carbons (Fsp3) is 0.800. The number of aliphatic carboxylic acids is 1.